The minimum absolute atomic E-state index is 0.00626. The van der Waals surface area contributed by atoms with Gasteiger partial charge >= 0.3 is 145 Å². The van der Waals surface area contributed by atoms with E-state index in [0.717, 1.165) is 38.0 Å². The summed E-state index contributed by atoms with van der Waals surface area (Å²) in [5.41, 5.74) is 0. The van der Waals surface area contributed by atoms with Crippen LogP contribution in [0.3, 0.4) is 0 Å². The molecule has 0 aliphatic heterocycles. The van der Waals surface area contributed by atoms with Crippen LogP contribution in [-0.4, -0.2) is 60.0 Å². The van der Waals surface area contributed by atoms with E-state index in [-0.39, 0.29) is 4.75 Å². The summed E-state index contributed by atoms with van der Waals surface area (Å²) in [4.78, 5) is 0. The molecule has 0 spiro atoms. The van der Waals surface area contributed by atoms with Crippen LogP contribution in [0.25, 0.3) is 0 Å². The molecule has 17 heavy (non-hydrogen) atoms. The van der Waals surface area contributed by atoms with Gasteiger partial charge in [0.05, 0.1) is 0 Å². The van der Waals surface area contributed by atoms with Crippen molar-refractivity contribution in [3.63, 3.8) is 0 Å². The topological polar surface area (TPSA) is 0 Å². The van der Waals surface area contributed by atoms with Crippen molar-refractivity contribution in [2.45, 2.75) is 15.4 Å². The Labute approximate surface area is 143 Å². The predicted molar refractivity (Wildman–Crippen MR) is 103 cm³/mol. The molecule has 0 heterocycles. The van der Waals surface area contributed by atoms with Gasteiger partial charge in [-0.2, -0.15) is 0 Å². The first-order valence-electron chi connectivity index (χ1n) is 5.47. The van der Waals surface area contributed by atoms with Crippen LogP contribution < -0.4 is 0 Å². The molecular formula is C10H22S6Se. The average molecular weight is 414 g/mol. The van der Waals surface area contributed by atoms with Crippen LogP contribution in [0.4, 0.5) is 0 Å². The standard InChI is InChI=1S/C10H22S6Se/c11-1-2-15-3-5-17-6-4-16-9-10(14,7-12)8-13/h11-14H,1-9H2. The van der Waals surface area contributed by atoms with Crippen molar-refractivity contribution in [2.75, 3.05) is 40.3 Å². The summed E-state index contributed by atoms with van der Waals surface area (Å²) < 4.78 is 0.00626. The van der Waals surface area contributed by atoms with Gasteiger partial charge < -0.3 is 0 Å². The van der Waals surface area contributed by atoms with E-state index in [1.54, 1.807) is 0 Å². The number of thioether (sulfide) groups is 2. The van der Waals surface area contributed by atoms with E-state index in [2.05, 4.69) is 50.5 Å². The summed E-state index contributed by atoms with van der Waals surface area (Å²) in [5.74, 6) is 7.45. The first-order valence-corrected chi connectivity index (χ1v) is 12.5. The molecule has 0 saturated carbocycles. The molecule has 0 aromatic rings. The molecule has 0 aromatic heterocycles. The molecule has 0 unspecified atom stereocenters. The molecule has 0 rings (SSSR count). The van der Waals surface area contributed by atoms with Crippen molar-refractivity contribution in [2.24, 2.45) is 0 Å². The monoisotopic (exact) mass is 414 g/mol. The Balaban J connectivity index is 3.23. The molecular weight excluding hydrogens is 391 g/mol. The van der Waals surface area contributed by atoms with Gasteiger partial charge in [0.25, 0.3) is 0 Å². The molecule has 104 valence electrons. The molecule has 0 radical (unpaired) electrons. The molecule has 0 amide bonds. The molecule has 0 N–H and O–H groups in total. The van der Waals surface area contributed by atoms with Gasteiger partial charge in [-0.25, -0.2) is 0 Å². The first-order chi connectivity index (χ1) is 8.18. The molecule has 0 bridgehead atoms. The third-order valence-electron chi connectivity index (χ3n) is 1.94. The van der Waals surface area contributed by atoms with Gasteiger partial charge in [0, 0.05) is 0 Å². The van der Waals surface area contributed by atoms with E-state index in [0.29, 0.717) is 0 Å². The fraction of sp³-hybridized carbons (Fsp3) is 1.00. The van der Waals surface area contributed by atoms with Crippen molar-refractivity contribution in [3.8, 4) is 0 Å². The maximum atomic E-state index is 4.62. The van der Waals surface area contributed by atoms with Crippen LogP contribution in [0.1, 0.15) is 0 Å². The van der Waals surface area contributed by atoms with Crippen molar-refractivity contribution in [3.05, 3.63) is 0 Å². The Bertz CT molecular complexity index is 165. The summed E-state index contributed by atoms with van der Waals surface area (Å²) in [6, 6.07) is 0. The molecule has 0 nitrogen and oxygen atoms in total. The maximum absolute atomic E-state index is 4.62. The van der Waals surface area contributed by atoms with Gasteiger partial charge in [-0.15, -0.1) is 0 Å². The second-order valence-electron chi connectivity index (χ2n) is 3.54. The third-order valence-corrected chi connectivity index (χ3v) is 10.3. The Hall–Kier alpha value is 2.62. The molecule has 0 fully saturated rings. The Morgan fingerprint density at radius 2 is 1.47 bits per heavy atom. The summed E-state index contributed by atoms with van der Waals surface area (Å²) in [6.07, 6.45) is 0. The second-order valence-corrected chi connectivity index (χ2v) is 10.5. The van der Waals surface area contributed by atoms with Gasteiger partial charge in [0.1, 0.15) is 0 Å². The third kappa shape index (κ3) is 12.1. The van der Waals surface area contributed by atoms with Crippen molar-refractivity contribution in [1.82, 2.24) is 0 Å². The number of hydrogen-bond acceptors (Lipinski definition) is 6. The quantitative estimate of drug-likeness (QED) is 0.220. The Kier molecular flexibility index (Phi) is 15.7. The number of thiol groups is 4. The fourth-order valence-corrected chi connectivity index (χ4v) is 7.42. The summed E-state index contributed by atoms with van der Waals surface area (Å²) >= 11 is 22.3. The van der Waals surface area contributed by atoms with Crippen LogP contribution in [0.2, 0.25) is 10.6 Å². The summed E-state index contributed by atoms with van der Waals surface area (Å²) in [6.45, 7) is 0. The SMILES string of the molecule is SCCSCC[Se]CCSCC(S)(CS)CS. The second kappa shape index (κ2) is 13.6. The summed E-state index contributed by atoms with van der Waals surface area (Å²) in [7, 11) is 0. The normalized spacial score (nSPS) is 12.0. The van der Waals surface area contributed by atoms with Crippen LogP contribution in [0.5, 0.6) is 0 Å². The van der Waals surface area contributed by atoms with E-state index in [1.165, 1.54) is 27.9 Å². The zero-order valence-corrected chi connectivity index (χ0v) is 16.8. The molecule has 7 heteroatoms. The zero-order valence-electron chi connectivity index (χ0n) is 9.88. The van der Waals surface area contributed by atoms with Gasteiger partial charge in [-0.3, -0.25) is 0 Å². The molecule has 0 aliphatic rings. The van der Waals surface area contributed by atoms with Crippen LogP contribution in [-0.2, 0) is 0 Å². The predicted octanol–water partition coefficient (Wildman–Crippen LogP) is 3.45. The minimum atomic E-state index is 0.00626. The fourth-order valence-electron chi connectivity index (χ4n) is 0.908. The van der Waals surface area contributed by atoms with Crippen molar-refractivity contribution in [1.29, 1.82) is 0 Å². The first kappa shape index (κ1) is 19.6. The van der Waals surface area contributed by atoms with Gasteiger partial charge in [0.2, 0.25) is 0 Å². The Morgan fingerprint density at radius 3 is 2.00 bits per heavy atom. The van der Waals surface area contributed by atoms with E-state index in [4.69, 9.17) is 0 Å². The average Bonchev–Trinajstić information content (AvgIpc) is 2.36. The summed E-state index contributed by atoms with van der Waals surface area (Å²) in [5, 5.41) is 2.78. The molecule has 0 saturated heterocycles. The van der Waals surface area contributed by atoms with E-state index in [1.807, 2.05) is 23.5 Å². The molecule has 0 aliphatic carbocycles. The van der Waals surface area contributed by atoms with E-state index in [9.17, 15) is 0 Å². The molecule has 0 atom stereocenters. The number of rotatable bonds is 12. The van der Waals surface area contributed by atoms with Gasteiger partial charge in [-0.1, -0.05) is 0 Å². The van der Waals surface area contributed by atoms with Gasteiger partial charge in [-0.05, 0) is 0 Å². The number of hydrogen-bond donors (Lipinski definition) is 4. The van der Waals surface area contributed by atoms with E-state index < -0.39 is 0 Å². The zero-order chi connectivity index (χ0) is 13.0. The van der Waals surface area contributed by atoms with Crippen LogP contribution in [0, 0.1) is 0 Å². The van der Waals surface area contributed by atoms with E-state index >= 15 is 0 Å². The van der Waals surface area contributed by atoms with Crippen LogP contribution in [0.15, 0.2) is 0 Å². The van der Waals surface area contributed by atoms with Crippen LogP contribution >= 0.6 is 74.0 Å². The van der Waals surface area contributed by atoms with Crippen molar-refractivity contribution >= 4 is 89.0 Å². The van der Waals surface area contributed by atoms with Crippen molar-refractivity contribution < 1.29 is 0 Å². The van der Waals surface area contributed by atoms with Gasteiger partial charge in [0.15, 0.2) is 0 Å². The Morgan fingerprint density at radius 1 is 0.882 bits per heavy atom. The molecule has 0 aromatic carbocycles.